The van der Waals surface area contributed by atoms with E-state index in [1.165, 1.54) is 23.5 Å². The van der Waals surface area contributed by atoms with Crippen LogP contribution in [0.3, 0.4) is 0 Å². The monoisotopic (exact) mass is 416 g/mol. The van der Waals surface area contributed by atoms with E-state index in [1.807, 2.05) is 42.5 Å². The maximum Gasteiger partial charge on any atom is 0.250 e. The van der Waals surface area contributed by atoms with Crippen LogP contribution in [0.15, 0.2) is 89.1 Å². The Hall–Kier alpha value is -3.58. The van der Waals surface area contributed by atoms with Crippen molar-refractivity contribution in [3.05, 3.63) is 90.0 Å². The lowest BCUT2D eigenvalue weighted by atomic mass is 10.2. The van der Waals surface area contributed by atoms with Crippen molar-refractivity contribution in [2.45, 2.75) is 11.7 Å². The highest BCUT2D eigenvalue weighted by Crippen LogP contribution is 2.25. The van der Waals surface area contributed by atoms with Crippen LogP contribution in [0.25, 0.3) is 11.0 Å². The first-order valence-electron chi connectivity index (χ1n) is 9.42. The van der Waals surface area contributed by atoms with Gasteiger partial charge in [-0.05, 0) is 35.4 Å². The lowest BCUT2D eigenvalue weighted by molar-refractivity contribution is -0.118. The minimum atomic E-state index is -0.227. The molecule has 0 bridgehead atoms. The van der Waals surface area contributed by atoms with Crippen molar-refractivity contribution in [1.29, 1.82) is 0 Å². The number of rotatable bonds is 7. The third-order valence-corrected chi connectivity index (χ3v) is 5.38. The molecule has 4 rings (SSSR count). The van der Waals surface area contributed by atoms with E-state index in [2.05, 4.69) is 27.2 Å². The van der Waals surface area contributed by atoms with Gasteiger partial charge in [-0.25, -0.2) is 10.4 Å². The smallest absolute Gasteiger partial charge is 0.250 e. The van der Waals surface area contributed by atoms with Gasteiger partial charge in [-0.2, -0.15) is 5.10 Å². The van der Waals surface area contributed by atoms with Crippen LogP contribution in [0.2, 0.25) is 0 Å². The fourth-order valence-electron chi connectivity index (χ4n) is 3.03. The maximum atomic E-state index is 12.2. The van der Waals surface area contributed by atoms with Crippen LogP contribution in [0.1, 0.15) is 11.1 Å². The van der Waals surface area contributed by atoms with E-state index >= 15 is 0 Å². The highest BCUT2D eigenvalue weighted by molar-refractivity contribution is 7.99. The molecule has 30 heavy (non-hydrogen) atoms. The van der Waals surface area contributed by atoms with Crippen molar-refractivity contribution in [3.8, 4) is 5.75 Å². The molecule has 1 heterocycles. The number of nitrogens with one attached hydrogen (secondary N) is 1. The second kappa shape index (κ2) is 9.28. The Balaban J connectivity index is 1.44. The average Bonchev–Trinajstić information content (AvgIpc) is 3.10. The maximum absolute atomic E-state index is 12.2. The highest BCUT2D eigenvalue weighted by Gasteiger charge is 2.13. The molecule has 3 aromatic carbocycles. The van der Waals surface area contributed by atoms with Crippen molar-refractivity contribution in [1.82, 2.24) is 15.0 Å². The molecule has 0 saturated heterocycles. The first-order chi connectivity index (χ1) is 14.7. The normalized spacial score (nSPS) is 11.2. The number of amides is 1. The molecule has 2 N–H and O–H groups in total. The van der Waals surface area contributed by atoms with E-state index in [-0.39, 0.29) is 17.4 Å². The van der Waals surface area contributed by atoms with Gasteiger partial charge < -0.3 is 9.67 Å². The van der Waals surface area contributed by atoms with E-state index in [0.717, 1.165) is 16.2 Å². The summed E-state index contributed by atoms with van der Waals surface area (Å²) in [6.45, 7) is 0.682. The number of thioether (sulfide) groups is 1. The number of benzene rings is 3. The van der Waals surface area contributed by atoms with Gasteiger partial charge in [-0.15, -0.1) is 0 Å². The molecule has 0 fully saturated rings. The molecular formula is C23H20N4O2S. The molecule has 0 aliphatic heterocycles. The van der Waals surface area contributed by atoms with Gasteiger partial charge in [0.15, 0.2) is 5.16 Å². The molecule has 4 aromatic rings. The van der Waals surface area contributed by atoms with E-state index in [0.29, 0.717) is 12.1 Å². The molecule has 6 nitrogen and oxygen atoms in total. The van der Waals surface area contributed by atoms with E-state index in [1.54, 1.807) is 24.3 Å². The summed E-state index contributed by atoms with van der Waals surface area (Å²) >= 11 is 1.37. The van der Waals surface area contributed by atoms with Gasteiger partial charge in [0.2, 0.25) is 0 Å². The Morgan fingerprint density at radius 2 is 1.87 bits per heavy atom. The van der Waals surface area contributed by atoms with Crippen molar-refractivity contribution < 1.29 is 9.90 Å². The van der Waals surface area contributed by atoms with E-state index in [9.17, 15) is 9.90 Å². The Labute approximate surface area is 178 Å². The number of carbonyl (C=O) groups excluding carboxylic acids is 1. The molecule has 0 saturated carbocycles. The Bertz CT molecular complexity index is 1190. The van der Waals surface area contributed by atoms with Gasteiger partial charge in [0.05, 0.1) is 29.5 Å². The van der Waals surface area contributed by atoms with Crippen LogP contribution < -0.4 is 5.43 Å². The van der Waals surface area contributed by atoms with Gasteiger partial charge in [-0.1, -0.05) is 66.4 Å². The summed E-state index contributed by atoms with van der Waals surface area (Å²) in [5.74, 6) is 0.114. The summed E-state index contributed by atoms with van der Waals surface area (Å²) in [4.78, 5) is 16.9. The summed E-state index contributed by atoms with van der Waals surface area (Å²) in [6, 6.07) is 24.8. The Morgan fingerprint density at radius 3 is 2.70 bits per heavy atom. The Kier molecular flexibility index (Phi) is 6.10. The van der Waals surface area contributed by atoms with Gasteiger partial charge >= 0.3 is 0 Å². The average molecular weight is 417 g/mol. The minimum absolute atomic E-state index is 0.151. The number of hydrogen-bond acceptors (Lipinski definition) is 5. The third kappa shape index (κ3) is 4.87. The van der Waals surface area contributed by atoms with Gasteiger partial charge in [0.25, 0.3) is 5.91 Å². The number of hydrogen-bond donors (Lipinski definition) is 2. The zero-order chi connectivity index (χ0) is 20.8. The number of fused-ring (bicyclic) bond motifs is 1. The number of phenolic OH excluding ortho intramolecular Hbond substituents is 1. The number of nitrogens with zero attached hydrogens (tertiary/aromatic N) is 3. The number of aromatic hydroxyl groups is 1. The SMILES string of the molecule is O=C(CSc1nc2ccccc2n1Cc1ccccc1)N/N=C\c1cccc(O)c1. The number of hydrazone groups is 1. The molecule has 0 spiro atoms. The summed E-state index contributed by atoms with van der Waals surface area (Å²) in [7, 11) is 0. The molecular weight excluding hydrogens is 396 g/mol. The zero-order valence-corrected chi connectivity index (χ0v) is 16.9. The van der Waals surface area contributed by atoms with Crippen LogP contribution in [0, 0.1) is 0 Å². The second-order valence-corrected chi connectivity index (χ2v) is 7.57. The molecule has 150 valence electrons. The predicted molar refractivity (Wildman–Crippen MR) is 120 cm³/mol. The minimum Gasteiger partial charge on any atom is -0.508 e. The molecule has 0 aliphatic carbocycles. The molecule has 1 aromatic heterocycles. The van der Waals surface area contributed by atoms with E-state index in [4.69, 9.17) is 4.98 Å². The standard InChI is InChI=1S/C23H20N4O2S/c28-19-10-6-9-18(13-19)14-24-26-22(29)16-30-23-25-20-11-4-5-12-21(20)27(23)15-17-7-2-1-3-8-17/h1-14,28H,15-16H2,(H,26,29)/b24-14-. The van der Waals surface area contributed by atoms with Crippen LogP contribution in [-0.4, -0.2) is 32.5 Å². The van der Waals surface area contributed by atoms with Gasteiger partial charge in [0.1, 0.15) is 5.75 Å². The first kappa shape index (κ1) is 19.7. The van der Waals surface area contributed by atoms with Crippen molar-refractivity contribution >= 4 is 34.9 Å². The Morgan fingerprint density at radius 1 is 1.07 bits per heavy atom. The number of para-hydroxylation sites is 2. The van der Waals surface area contributed by atoms with Crippen molar-refractivity contribution in [3.63, 3.8) is 0 Å². The second-order valence-electron chi connectivity index (χ2n) is 6.63. The molecule has 7 heteroatoms. The van der Waals surface area contributed by atoms with Gasteiger partial charge in [0, 0.05) is 0 Å². The highest BCUT2D eigenvalue weighted by atomic mass is 32.2. The van der Waals surface area contributed by atoms with Crippen molar-refractivity contribution in [2.24, 2.45) is 5.10 Å². The van der Waals surface area contributed by atoms with Gasteiger partial charge in [-0.3, -0.25) is 4.79 Å². The topological polar surface area (TPSA) is 79.5 Å². The lowest BCUT2D eigenvalue weighted by Crippen LogP contribution is -2.20. The fourth-order valence-corrected chi connectivity index (χ4v) is 3.84. The van der Waals surface area contributed by atoms with Crippen LogP contribution in [0.4, 0.5) is 0 Å². The molecule has 0 atom stereocenters. The van der Waals surface area contributed by atoms with Crippen LogP contribution in [0.5, 0.6) is 5.75 Å². The summed E-state index contributed by atoms with van der Waals surface area (Å²) in [6.07, 6.45) is 1.49. The quantitative estimate of drug-likeness (QED) is 0.271. The summed E-state index contributed by atoms with van der Waals surface area (Å²) < 4.78 is 2.12. The van der Waals surface area contributed by atoms with E-state index < -0.39 is 0 Å². The molecule has 1 amide bonds. The fraction of sp³-hybridized carbons (Fsp3) is 0.0870. The number of phenols is 1. The number of aromatic nitrogens is 2. The summed E-state index contributed by atoms with van der Waals surface area (Å²) in [5, 5.41) is 14.2. The first-order valence-corrected chi connectivity index (χ1v) is 10.4. The van der Waals surface area contributed by atoms with Crippen LogP contribution in [-0.2, 0) is 11.3 Å². The van der Waals surface area contributed by atoms with Crippen molar-refractivity contribution in [2.75, 3.05) is 5.75 Å². The third-order valence-electron chi connectivity index (χ3n) is 4.41. The predicted octanol–water partition coefficient (Wildman–Crippen LogP) is 4.03. The lowest BCUT2D eigenvalue weighted by Gasteiger charge is -2.09. The molecule has 0 radical (unpaired) electrons. The molecule has 0 aliphatic rings. The molecule has 0 unspecified atom stereocenters. The largest absolute Gasteiger partial charge is 0.508 e. The number of imidazole rings is 1. The summed E-state index contributed by atoms with van der Waals surface area (Å²) in [5.41, 5.74) is 6.32. The van der Waals surface area contributed by atoms with Crippen LogP contribution >= 0.6 is 11.8 Å². The zero-order valence-electron chi connectivity index (χ0n) is 16.1. The number of carbonyl (C=O) groups is 1.